The Morgan fingerprint density at radius 3 is 0.416 bits per heavy atom. The van der Waals surface area contributed by atoms with Gasteiger partial charge in [-0.15, -0.1) is 0 Å². The van der Waals surface area contributed by atoms with Gasteiger partial charge in [-0.05, 0) is 0 Å². The summed E-state index contributed by atoms with van der Waals surface area (Å²) in [5.74, 6) is 4.18. The van der Waals surface area contributed by atoms with E-state index in [1.54, 1.807) is 0 Å². The van der Waals surface area contributed by atoms with Gasteiger partial charge in [0, 0.05) is 0 Å². The molecule has 0 fully saturated rings. The summed E-state index contributed by atoms with van der Waals surface area (Å²) in [6.07, 6.45) is 0. The Kier molecular flexibility index (Phi) is 32.8. The third-order valence-corrected chi connectivity index (χ3v) is 37.2. The molecule has 14 aromatic carbocycles. The van der Waals surface area contributed by atoms with Crippen LogP contribution < -0.4 is 0 Å². The Labute approximate surface area is 837 Å². The predicted molar refractivity (Wildman–Crippen MR) is 603 cm³/mol. The second-order valence-corrected chi connectivity index (χ2v) is 54.1. The minimum atomic E-state index is -2.95. The fraction of sp³-hybridized carbons (Fsp3) is 0.373. The average molecular weight is 1940 g/mol. The molecular weight excluding hydrogens is 1780 g/mol. The Morgan fingerprint density at radius 1 is 0.168 bits per heavy atom. The molecule has 137 heavy (non-hydrogen) atoms. The molecule has 0 aliphatic rings. The summed E-state index contributed by atoms with van der Waals surface area (Å²) in [6, 6.07) is 102. The second kappa shape index (κ2) is 43.8. The molecule has 712 valence electrons. The Morgan fingerprint density at radius 2 is 0.285 bits per heavy atom. The first-order chi connectivity index (χ1) is 65.1. The molecule has 14 rings (SSSR count). The van der Waals surface area contributed by atoms with Gasteiger partial charge in [-0.25, -0.2) is 0 Å². The van der Waals surface area contributed by atoms with E-state index in [-0.39, 0.29) is 94.7 Å². The molecule has 0 heterocycles. The van der Waals surface area contributed by atoms with Gasteiger partial charge in [0.2, 0.25) is 0 Å². The van der Waals surface area contributed by atoms with Crippen molar-refractivity contribution in [2.45, 2.75) is 327 Å². The van der Waals surface area contributed by atoms with E-state index in [9.17, 15) is 0 Å². The summed E-state index contributed by atoms with van der Waals surface area (Å²) >= 11 is -3.39. The molecule has 0 aliphatic heterocycles. The van der Waals surface area contributed by atoms with E-state index in [1.165, 1.54) is 206 Å². The van der Waals surface area contributed by atoms with E-state index >= 15 is 3.83 Å². The van der Waals surface area contributed by atoms with Crippen molar-refractivity contribution >= 4 is 25.1 Å². The Balaban J connectivity index is 1.12. The summed E-state index contributed by atoms with van der Waals surface area (Å²) in [7, 11) is 0. The molecular formula is C134H158OSe2. The molecule has 14 aromatic rings. The molecule has 0 bridgehead atoms. The molecule has 1 atom stereocenters. The Bertz CT molecular complexity index is 5800. The van der Waals surface area contributed by atoms with E-state index < -0.39 is 25.1 Å². The standard InChI is InChI=1S/C134H158OSe2/c1-77(2)105-43-33-44-106(78(3)4)127(105)97-63-93(64-98(71-97)128-107(79(5)6)45-34-46-108(128)80(7)8)121-59-41-60-122(94-65-99(129-109(81(9)10)47-35-48-110(129)82(11)12)72-100(66-94)130-111(83(13)14)49-36-50-112(130)84(15)16)125(121)75-136-137(135)76-126-123(95-67-101(131-113(85(17)18)51-37-52-114(131)86(19)20)73-102(68-95)132-115(87(21)22)53-38-54-116(132)88(23)24)61-42-62-124(126)96-69-103(133-117(89(25)26)55-39-56-118(133)90(27)28)74-104(70-96)134-119(91(29)30)57-40-58-120(134)92(31)32/h33-74,77-92H,75-76H2,1-32H3. The summed E-state index contributed by atoms with van der Waals surface area (Å²) < 4.78 is 18.0. The van der Waals surface area contributed by atoms with Crippen LogP contribution in [0.4, 0.5) is 0 Å². The molecule has 0 N–H and O–H groups in total. The van der Waals surface area contributed by atoms with Crippen LogP contribution in [0.2, 0.25) is 0 Å². The molecule has 0 saturated carbocycles. The van der Waals surface area contributed by atoms with Crippen LogP contribution in [0.3, 0.4) is 0 Å². The quantitative estimate of drug-likeness (QED) is 0.0375. The van der Waals surface area contributed by atoms with Gasteiger partial charge in [-0.3, -0.25) is 0 Å². The third kappa shape index (κ3) is 21.6. The molecule has 1 nitrogen and oxygen atoms in total. The van der Waals surface area contributed by atoms with Crippen LogP contribution in [0.1, 0.15) is 416 Å². The fourth-order valence-electron chi connectivity index (χ4n) is 22.2. The average Bonchev–Trinajstić information content (AvgIpc) is 0.754. The van der Waals surface area contributed by atoms with Gasteiger partial charge < -0.3 is 0 Å². The number of hydrogen-bond acceptors (Lipinski definition) is 1. The van der Waals surface area contributed by atoms with Crippen LogP contribution >= 0.6 is 0 Å². The van der Waals surface area contributed by atoms with Gasteiger partial charge in [0.25, 0.3) is 0 Å². The SMILES string of the molecule is CC(C)c1cccc(C(C)C)c1-c1cc(-c2cccc(-c3cc(-c4c(C(C)C)cccc4C(C)C)cc(-c4c(C(C)C)cccc4C(C)C)c3)c2C[Se][Se](=O)Cc2c(-c3cc(-c4c(C(C)C)cccc4C(C)C)cc(-c4c(C(C)C)cccc4C(C)C)c3)cccc2-c2cc(-c3c(C(C)C)cccc3C(C)C)cc(-c3c(C(C)C)cccc3C(C)C)c2)cc(-c2c(C(C)C)cccc2C(C)C)c1. The van der Waals surface area contributed by atoms with E-state index in [2.05, 4.69) is 476 Å². The topological polar surface area (TPSA) is 17.1 Å². The second-order valence-electron chi connectivity index (χ2n) is 44.5. The molecule has 0 radical (unpaired) electrons. The van der Waals surface area contributed by atoms with Crippen molar-refractivity contribution in [1.29, 1.82) is 0 Å². The number of benzene rings is 14. The number of hydrogen-bond donors (Lipinski definition) is 0. The van der Waals surface area contributed by atoms with Gasteiger partial charge in [-0.2, -0.15) is 0 Å². The molecule has 0 aromatic heterocycles. The van der Waals surface area contributed by atoms with Crippen molar-refractivity contribution < 1.29 is 3.83 Å². The molecule has 0 aliphatic carbocycles. The van der Waals surface area contributed by atoms with Crippen molar-refractivity contribution in [3.8, 4) is 134 Å². The first-order valence-corrected chi connectivity index (χ1v) is 59.5. The van der Waals surface area contributed by atoms with Crippen molar-refractivity contribution in [3.63, 3.8) is 0 Å². The van der Waals surface area contributed by atoms with Crippen molar-refractivity contribution in [2.24, 2.45) is 0 Å². The molecule has 1 unspecified atom stereocenters. The predicted octanol–water partition coefficient (Wildman–Crippen LogP) is 40.6. The third-order valence-electron chi connectivity index (χ3n) is 29.2. The van der Waals surface area contributed by atoms with Gasteiger partial charge >= 0.3 is 844 Å². The van der Waals surface area contributed by atoms with E-state index in [0.717, 1.165) is 27.8 Å². The fourth-order valence-corrected chi connectivity index (χ4v) is 29.6. The van der Waals surface area contributed by atoms with Gasteiger partial charge in [0.1, 0.15) is 0 Å². The number of rotatable bonds is 33. The maximum absolute atomic E-state index is 18.0. The summed E-state index contributed by atoms with van der Waals surface area (Å²) in [4.78, 5) is 0. The van der Waals surface area contributed by atoms with Crippen molar-refractivity contribution in [2.75, 3.05) is 0 Å². The summed E-state index contributed by atoms with van der Waals surface area (Å²) in [5.41, 5.74) is 53.9. The van der Waals surface area contributed by atoms with Crippen LogP contribution in [-0.2, 0) is 14.5 Å². The Hall–Kier alpha value is -10.1. The van der Waals surface area contributed by atoms with Crippen LogP contribution in [-0.4, -0.2) is 25.1 Å². The monoisotopic (exact) mass is 1940 g/mol. The normalized spacial score (nSPS) is 12.5. The molecule has 0 amide bonds. The minimum absolute atomic E-state index is 0.258. The van der Waals surface area contributed by atoms with E-state index in [4.69, 9.17) is 0 Å². The van der Waals surface area contributed by atoms with Gasteiger partial charge in [0.05, 0.1) is 0 Å². The summed E-state index contributed by atoms with van der Waals surface area (Å²) in [6.45, 7) is 75.9. The van der Waals surface area contributed by atoms with Gasteiger partial charge in [0.15, 0.2) is 0 Å². The van der Waals surface area contributed by atoms with Crippen molar-refractivity contribution in [3.05, 3.63) is 355 Å². The van der Waals surface area contributed by atoms with E-state index in [0.29, 0.717) is 10.6 Å². The van der Waals surface area contributed by atoms with Crippen molar-refractivity contribution in [1.82, 2.24) is 0 Å². The van der Waals surface area contributed by atoms with Gasteiger partial charge in [-0.1, -0.05) is 0 Å². The zero-order valence-corrected chi connectivity index (χ0v) is 92.6. The molecule has 0 saturated heterocycles. The first-order valence-electron chi connectivity index (χ1n) is 52.1. The van der Waals surface area contributed by atoms with Crippen LogP contribution in [0.15, 0.2) is 255 Å². The first kappa shape index (κ1) is 103. The van der Waals surface area contributed by atoms with Crippen LogP contribution in [0.5, 0.6) is 0 Å². The molecule has 0 spiro atoms. The van der Waals surface area contributed by atoms with Crippen LogP contribution in [0.25, 0.3) is 134 Å². The van der Waals surface area contributed by atoms with Crippen LogP contribution in [0, 0.1) is 0 Å². The summed E-state index contributed by atoms with van der Waals surface area (Å²) in [5, 5.41) is 1.05. The van der Waals surface area contributed by atoms with E-state index in [1.807, 2.05) is 0 Å². The maximum atomic E-state index is 18.0. The zero-order chi connectivity index (χ0) is 98.9. The molecule has 3 heteroatoms. The zero-order valence-electron chi connectivity index (χ0n) is 89.1.